The van der Waals surface area contributed by atoms with E-state index in [1.807, 2.05) is 0 Å². The monoisotopic (exact) mass is 290 g/mol. The molecule has 4 nitrogen and oxygen atoms in total. The molecule has 0 heterocycles. The van der Waals surface area contributed by atoms with Gasteiger partial charge in [-0.15, -0.1) is 0 Å². The maximum atomic E-state index is 12.8. The lowest BCUT2D eigenvalue weighted by Crippen LogP contribution is -2.36. The van der Waals surface area contributed by atoms with Crippen LogP contribution in [0.1, 0.15) is 18.9 Å². The van der Waals surface area contributed by atoms with Crippen molar-refractivity contribution >= 4 is 11.7 Å². The lowest BCUT2D eigenvalue weighted by atomic mass is 10.1. The van der Waals surface area contributed by atoms with Gasteiger partial charge in [-0.1, -0.05) is 12.1 Å². The van der Waals surface area contributed by atoms with Gasteiger partial charge in [0.1, 0.15) is 0 Å². The van der Waals surface area contributed by atoms with Crippen molar-refractivity contribution in [2.75, 3.05) is 25.0 Å². The summed E-state index contributed by atoms with van der Waals surface area (Å²) in [6, 6.07) is 4.20. The molecule has 0 bridgehead atoms. The number of para-hydroxylation sites is 1. The number of nitrogens with zero attached hydrogens (tertiary/aromatic N) is 1. The molecule has 112 valence electrons. The number of halogens is 3. The Morgan fingerprint density at radius 3 is 2.55 bits per heavy atom. The van der Waals surface area contributed by atoms with Crippen molar-refractivity contribution in [2.24, 2.45) is 0 Å². The van der Waals surface area contributed by atoms with E-state index in [1.165, 1.54) is 23.1 Å². The molecule has 1 aromatic carbocycles. The highest BCUT2D eigenvalue weighted by molar-refractivity contribution is 5.90. The zero-order chi connectivity index (χ0) is 15.2. The minimum atomic E-state index is -4.52. The van der Waals surface area contributed by atoms with Crippen LogP contribution in [0.4, 0.5) is 23.7 Å². The molecule has 20 heavy (non-hydrogen) atoms. The molecular formula is C13H17F3N2O2. The standard InChI is InChI=1S/C13H17F3N2O2/c1-2-18(8-5-9-19)12(20)17-11-7-4-3-6-10(11)13(14,15)16/h3-4,6-7,19H,2,5,8-9H2,1H3,(H,17,20). The number of carbonyl (C=O) groups is 1. The van der Waals surface area contributed by atoms with Crippen LogP contribution >= 0.6 is 0 Å². The number of anilines is 1. The molecule has 0 unspecified atom stereocenters. The number of alkyl halides is 3. The van der Waals surface area contributed by atoms with E-state index in [-0.39, 0.29) is 18.8 Å². The van der Waals surface area contributed by atoms with Crippen LogP contribution < -0.4 is 5.32 Å². The minimum Gasteiger partial charge on any atom is -0.396 e. The lowest BCUT2D eigenvalue weighted by molar-refractivity contribution is -0.136. The summed E-state index contributed by atoms with van der Waals surface area (Å²) in [5.74, 6) is 0. The van der Waals surface area contributed by atoms with E-state index in [0.29, 0.717) is 13.0 Å². The van der Waals surface area contributed by atoms with E-state index in [1.54, 1.807) is 6.92 Å². The number of aliphatic hydroxyl groups excluding tert-OH is 1. The number of hydrogen-bond acceptors (Lipinski definition) is 2. The zero-order valence-electron chi connectivity index (χ0n) is 11.1. The number of rotatable bonds is 5. The smallest absolute Gasteiger partial charge is 0.396 e. The van der Waals surface area contributed by atoms with Gasteiger partial charge in [0.25, 0.3) is 0 Å². The van der Waals surface area contributed by atoms with Crippen LogP contribution in [0.5, 0.6) is 0 Å². The van der Waals surface area contributed by atoms with Gasteiger partial charge < -0.3 is 15.3 Å². The highest BCUT2D eigenvalue weighted by Gasteiger charge is 2.33. The predicted octanol–water partition coefficient (Wildman–Crippen LogP) is 2.94. The molecule has 0 spiro atoms. The first-order valence-corrected chi connectivity index (χ1v) is 6.23. The molecule has 2 N–H and O–H groups in total. The molecule has 0 saturated carbocycles. The van der Waals surface area contributed by atoms with Crippen molar-refractivity contribution in [3.63, 3.8) is 0 Å². The summed E-state index contributed by atoms with van der Waals surface area (Å²) < 4.78 is 38.4. The highest BCUT2D eigenvalue weighted by atomic mass is 19.4. The van der Waals surface area contributed by atoms with Crippen molar-refractivity contribution in [2.45, 2.75) is 19.5 Å². The Bertz CT molecular complexity index is 449. The van der Waals surface area contributed by atoms with Gasteiger partial charge in [0, 0.05) is 19.7 Å². The van der Waals surface area contributed by atoms with E-state index in [2.05, 4.69) is 5.32 Å². The minimum absolute atomic E-state index is 0.0804. The molecule has 0 atom stereocenters. The molecule has 7 heteroatoms. The van der Waals surface area contributed by atoms with Crippen LogP contribution in [0.15, 0.2) is 24.3 Å². The zero-order valence-corrected chi connectivity index (χ0v) is 11.1. The molecule has 0 aromatic heterocycles. The van der Waals surface area contributed by atoms with Crippen molar-refractivity contribution in [1.29, 1.82) is 0 Å². The maximum absolute atomic E-state index is 12.8. The summed E-state index contributed by atoms with van der Waals surface area (Å²) in [5, 5.41) is 11.0. The predicted molar refractivity (Wildman–Crippen MR) is 69.4 cm³/mol. The second-order valence-corrected chi connectivity index (χ2v) is 4.13. The first-order valence-electron chi connectivity index (χ1n) is 6.23. The van der Waals surface area contributed by atoms with Gasteiger partial charge in [-0.2, -0.15) is 13.2 Å². The molecule has 0 fully saturated rings. The number of aliphatic hydroxyl groups is 1. The highest BCUT2D eigenvalue weighted by Crippen LogP contribution is 2.34. The lowest BCUT2D eigenvalue weighted by Gasteiger charge is -2.22. The fraction of sp³-hybridized carbons (Fsp3) is 0.462. The van der Waals surface area contributed by atoms with Gasteiger partial charge in [-0.05, 0) is 25.5 Å². The molecule has 0 aliphatic heterocycles. The molecule has 1 aromatic rings. The van der Waals surface area contributed by atoms with Gasteiger partial charge in [-0.3, -0.25) is 0 Å². The maximum Gasteiger partial charge on any atom is 0.418 e. The van der Waals surface area contributed by atoms with Crippen LogP contribution in [0.3, 0.4) is 0 Å². The Morgan fingerprint density at radius 1 is 1.35 bits per heavy atom. The molecular weight excluding hydrogens is 273 g/mol. The number of urea groups is 1. The normalized spacial score (nSPS) is 11.2. The third kappa shape index (κ3) is 4.41. The van der Waals surface area contributed by atoms with Crippen LogP contribution in [0.2, 0.25) is 0 Å². The van der Waals surface area contributed by atoms with E-state index in [0.717, 1.165) is 6.07 Å². The van der Waals surface area contributed by atoms with Crippen LogP contribution in [-0.2, 0) is 6.18 Å². The summed E-state index contributed by atoms with van der Waals surface area (Å²) in [6.45, 7) is 2.27. The Labute approximate surface area is 115 Å². The van der Waals surface area contributed by atoms with Gasteiger partial charge in [0.15, 0.2) is 0 Å². The van der Waals surface area contributed by atoms with Crippen LogP contribution in [0.25, 0.3) is 0 Å². The molecule has 0 saturated heterocycles. The fourth-order valence-corrected chi connectivity index (χ4v) is 1.70. The number of hydrogen-bond donors (Lipinski definition) is 2. The van der Waals surface area contributed by atoms with Gasteiger partial charge in [0.05, 0.1) is 11.3 Å². The molecule has 0 aliphatic rings. The van der Waals surface area contributed by atoms with Gasteiger partial charge in [0.2, 0.25) is 0 Å². The summed E-state index contributed by atoms with van der Waals surface area (Å²) >= 11 is 0. The fourth-order valence-electron chi connectivity index (χ4n) is 1.70. The molecule has 2 amide bonds. The topological polar surface area (TPSA) is 52.6 Å². The number of nitrogens with one attached hydrogen (secondary N) is 1. The van der Waals surface area contributed by atoms with E-state index < -0.39 is 17.8 Å². The third-order valence-electron chi connectivity index (χ3n) is 2.73. The van der Waals surface area contributed by atoms with E-state index >= 15 is 0 Å². The van der Waals surface area contributed by atoms with Crippen LogP contribution in [-0.4, -0.2) is 35.7 Å². The first kappa shape index (κ1) is 16.3. The average molecular weight is 290 g/mol. The largest absolute Gasteiger partial charge is 0.418 e. The van der Waals surface area contributed by atoms with Gasteiger partial charge >= 0.3 is 12.2 Å². The second kappa shape index (κ2) is 7.14. The van der Waals surface area contributed by atoms with Crippen molar-refractivity contribution < 1.29 is 23.1 Å². The first-order chi connectivity index (χ1) is 9.40. The van der Waals surface area contributed by atoms with Crippen molar-refractivity contribution in [3.8, 4) is 0 Å². The number of amides is 2. The van der Waals surface area contributed by atoms with E-state index in [4.69, 9.17) is 5.11 Å². The number of benzene rings is 1. The van der Waals surface area contributed by atoms with E-state index in [9.17, 15) is 18.0 Å². The summed E-state index contributed by atoms with van der Waals surface area (Å²) in [4.78, 5) is 13.2. The second-order valence-electron chi connectivity index (χ2n) is 4.13. The summed E-state index contributed by atoms with van der Waals surface area (Å²) in [6.07, 6.45) is -4.14. The SMILES string of the molecule is CCN(CCCO)C(=O)Nc1ccccc1C(F)(F)F. The van der Waals surface area contributed by atoms with Crippen molar-refractivity contribution in [3.05, 3.63) is 29.8 Å². The Balaban J connectivity index is 2.85. The third-order valence-corrected chi connectivity index (χ3v) is 2.73. The van der Waals surface area contributed by atoms with Crippen LogP contribution in [0, 0.1) is 0 Å². The average Bonchev–Trinajstić information content (AvgIpc) is 2.39. The molecule has 0 aliphatic carbocycles. The summed E-state index contributed by atoms with van der Waals surface area (Å²) in [7, 11) is 0. The molecule has 1 rings (SSSR count). The van der Waals surface area contributed by atoms with Crippen molar-refractivity contribution in [1.82, 2.24) is 4.90 Å². The Kier molecular flexibility index (Phi) is 5.82. The number of carbonyl (C=O) groups excluding carboxylic acids is 1. The summed E-state index contributed by atoms with van der Waals surface area (Å²) in [5.41, 5.74) is -1.15. The van der Waals surface area contributed by atoms with Gasteiger partial charge in [-0.25, -0.2) is 4.79 Å². The Morgan fingerprint density at radius 2 is 2.00 bits per heavy atom. The molecule has 0 radical (unpaired) electrons. The Hall–Kier alpha value is -1.76. The quantitative estimate of drug-likeness (QED) is 0.876.